The number of alkyl halides is 3. The summed E-state index contributed by atoms with van der Waals surface area (Å²) < 4.78 is 46.6. The smallest absolute Gasteiger partial charge is 0.411 e. The predicted molar refractivity (Wildman–Crippen MR) is 106 cm³/mol. The first-order chi connectivity index (χ1) is 14.4. The van der Waals surface area contributed by atoms with Crippen LogP contribution in [0, 0.1) is 0 Å². The number of rotatable bonds is 9. The summed E-state index contributed by atoms with van der Waals surface area (Å²) in [6, 6.07) is 15.8. The van der Waals surface area contributed by atoms with Gasteiger partial charge in [-0.1, -0.05) is 30.3 Å². The van der Waals surface area contributed by atoms with Crippen molar-refractivity contribution in [3.8, 4) is 5.75 Å². The molecule has 30 heavy (non-hydrogen) atoms. The second kappa shape index (κ2) is 10.1. The molecule has 0 unspecified atom stereocenters. The zero-order valence-corrected chi connectivity index (χ0v) is 16.1. The van der Waals surface area contributed by atoms with Gasteiger partial charge in [-0.3, -0.25) is 9.78 Å². The highest BCUT2D eigenvalue weighted by Gasteiger charge is 2.27. The topological polar surface area (TPSA) is 60.5 Å². The molecule has 0 aliphatic heterocycles. The van der Waals surface area contributed by atoms with Gasteiger partial charge < -0.3 is 14.8 Å². The first kappa shape index (κ1) is 21.6. The minimum Gasteiger partial charge on any atom is -0.491 e. The van der Waals surface area contributed by atoms with Crippen LogP contribution in [-0.2, 0) is 11.3 Å². The van der Waals surface area contributed by atoms with Crippen molar-refractivity contribution in [1.29, 1.82) is 0 Å². The summed E-state index contributed by atoms with van der Waals surface area (Å²) in [7, 11) is 0. The van der Waals surface area contributed by atoms with Crippen LogP contribution in [0.15, 0.2) is 60.8 Å². The summed E-state index contributed by atoms with van der Waals surface area (Å²) >= 11 is 0. The first-order valence-corrected chi connectivity index (χ1v) is 9.40. The summed E-state index contributed by atoms with van der Waals surface area (Å²) in [4.78, 5) is 16.5. The number of aromatic nitrogens is 1. The van der Waals surface area contributed by atoms with E-state index in [1.807, 2.05) is 30.3 Å². The highest BCUT2D eigenvalue weighted by molar-refractivity contribution is 5.94. The second-order valence-electron chi connectivity index (χ2n) is 6.59. The molecule has 0 saturated carbocycles. The maximum absolute atomic E-state index is 12.2. The van der Waals surface area contributed by atoms with Crippen molar-refractivity contribution in [3.05, 3.63) is 71.9 Å². The molecule has 0 bridgehead atoms. The van der Waals surface area contributed by atoms with E-state index in [-0.39, 0.29) is 12.5 Å². The van der Waals surface area contributed by atoms with E-state index in [0.29, 0.717) is 36.4 Å². The zero-order valence-electron chi connectivity index (χ0n) is 16.1. The molecule has 1 heterocycles. The van der Waals surface area contributed by atoms with Crippen molar-refractivity contribution in [2.45, 2.75) is 19.2 Å². The van der Waals surface area contributed by atoms with E-state index in [1.165, 1.54) is 0 Å². The largest absolute Gasteiger partial charge is 0.491 e. The molecule has 0 radical (unpaired) electrons. The Kier molecular flexibility index (Phi) is 7.24. The molecule has 158 valence electrons. The highest BCUT2D eigenvalue weighted by Crippen LogP contribution is 2.22. The third kappa shape index (κ3) is 6.45. The minimum atomic E-state index is -4.35. The van der Waals surface area contributed by atoms with E-state index < -0.39 is 12.8 Å². The number of ether oxygens (including phenoxy) is 2. The molecule has 0 spiro atoms. The van der Waals surface area contributed by atoms with Gasteiger partial charge >= 0.3 is 6.18 Å². The molecule has 1 amide bonds. The van der Waals surface area contributed by atoms with Crippen molar-refractivity contribution in [1.82, 2.24) is 10.3 Å². The van der Waals surface area contributed by atoms with Gasteiger partial charge in [0, 0.05) is 23.7 Å². The number of carbonyl (C=O) groups excluding carboxylic acids is 1. The number of pyridine rings is 1. The molecule has 0 aliphatic rings. The summed E-state index contributed by atoms with van der Waals surface area (Å²) in [6.45, 7) is -0.618. The molecule has 0 fully saturated rings. The molecule has 3 rings (SSSR count). The Morgan fingerprint density at radius 1 is 1.03 bits per heavy atom. The van der Waals surface area contributed by atoms with Gasteiger partial charge in [-0.05, 0) is 36.2 Å². The minimum absolute atomic E-state index is 0.165. The van der Waals surface area contributed by atoms with E-state index in [4.69, 9.17) is 4.74 Å². The number of nitrogens with zero attached hydrogens (tertiary/aromatic N) is 1. The van der Waals surface area contributed by atoms with Crippen LogP contribution in [-0.4, -0.2) is 36.8 Å². The predicted octanol–water partition coefficient (Wildman–Crippen LogP) is 4.51. The van der Waals surface area contributed by atoms with Crippen molar-refractivity contribution in [2.24, 2.45) is 0 Å². The standard InChI is InChI=1S/C22H21F3N2O3/c23-22(24,25)15-29-14-16-7-9-18(10-8-16)21(28)27-12-3-13-30-19-6-1-4-17-5-2-11-26-20(17)19/h1-2,4-11H,3,12-15H2,(H,27,28). The van der Waals surface area contributed by atoms with E-state index in [2.05, 4.69) is 15.0 Å². The third-order valence-corrected chi connectivity index (χ3v) is 4.21. The van der Waals surface area contributed by atoms with Gasteiger partial charge in [0.1, 0.15) is 17.9 Å². The van der Waals surface area contributed by atoms with Gasteiger partial charge in [-0.2, -0.15) is 13.2 Å². The lowest BCUT2D eigenvalue weighted by atomic mass is 10.1. The number of fused-ring (bicyclic) bond motifs is 1. The lowest BCUT2D eigenvalue weighted by molar-refractivity contribution is -0.176. The molecule has 3 aromatic rings. The molecule has 1 N–H and O–H groups in total. The quantitative estimate of drug-likeness (QED) is 0.520. The molecule has 0 saturated heterocycles. The van der Waals surface area contributed by atoms with E-state index in [1.54, 1.807) is 30.5 Å². The van der Waals surface area contributed by atoms with Crippen LogP contribution in [0.1, 0.15) is 22.3 Å². The lowest BCUT2D eigenvalue weighted by Crippen LogP contribution is -2.25. The average Bonchev–Trinajstić information content (AvgIpc) is 2.73. The first-order valence-electron chi connectivity index (χ1n) is 9.40. The highest BCUT2D eigenvalue weighted by atomic mass is 19.4. The van der Waals surface area contributed by atoms with Crippen LogP contribution in [0.5, 0.6) is 5.75 Å². The summed E-state index contributed by atoms with van der Waals surface area (Å²) in [5, 5.41) is 3.79. The average molecular weight is 418 g/mol. The van der Waals surface area contributed by atoms with Crippen LogP contribution in [0.3, 0.4) is 0 Å². The number of para-hydroxylation sites is 1. The van der Waals surface area contributed by atoms with Crippen LogP contribution in [0.2, 0.25) is 0 Å². The Morgan fingerprint density at radius 3 is 2.57 bits per heavy atom. The maximum Gasteiger partial charge on any atom is 0.411 e. The Balaban J connectivity index is 1.39. The number of nitrogens with one attached hydrogen (secondary N) is 1. The van der Waals surface area contributed by atoms with Crippen molar-refractivity contribution in [3.63, 3.8) is 0 Å². The summed E-state index contributed by atoms with van der Waals surface area (Å²) in [5.41, 5.74) is 1.78. The molecule has 0 atom stereocenters. The van der Waals surface area contributed by atoms with Crippen molar-refractivity contribution < 1.29 is 27.4 Å². The van der Waals surface area contributed by atoms with Gasteiger partial charge in [0.15, 0.2) is 0 Å². The van der Waals surface area contributed by atoms with Crippen LogP contribution in [0.25, 0.3) is 10.9 Å². The fraction of sp³-hybridized carbons (Fsp3) is 0.273. The SMILES string of the molecule is O=C(NCCCOc1cccc2cccnc12)c1ccc(COCC(F)(F)F)cc1. The second-order valence-corrected chi connectivity index (χ2v) is 6.59. The molecular weight excluding hydrogens is 397 g/mol. The van der Waals surface area contributed by atoms with E-state index in [0.717, 1.165) is 10.9 Å². The van der Waals surface area contributed by atoms with Crippen molar-refractivity contribution >= 4 is 16.8 Å². The molecule has 5 nitrogen and oxygen atoms in total. The third-order valence-electron chi connectivity index (χ3n) is 4.21. The van der Waals surface area contributed by atoms with Crippen LogP contribution >= 0.6 is 0 Å². The van der Waals surface area contributed by atoms with Gasteiger partial charge in [-0.15, -0.1) is 0 Å². The lowest BCUT2D eigenvalue weighted by Gasteiger charge is -2.10. The maximum atomic E-state index is 12.2. The number of benzene rings is 2. The molecular formula is C22H21F3N2O3. The number of carbonyl (C=O) groups is 1. The Morgan fingerprint density at radius 2 is 1.80 bits per heavy atom. The number of hydrogen-bond acceptors (Lipinski definition) is 4. The van der Waals surface area contributed by atoms with Gasteiger partial charge in [0.25, 0.3) is 5.91 Å². The van der Waals surface area contributed by atoms with E-state index in [9.17, 15) is 18.0 Å². The van der Waals surface area contributed by atoms with Gasteiger partial charge in [-0.25, -0.2) is 0 Å². The fourth-order valence-corrected chi connectivity index (χ4v) is 2.79. The summed E-state index contributed by atoms with van der Waals surface area (Å²) in [5.74, 6) is 0.437. The normalized spacial score (nSPS) is 11.4. The van der Waals surface area contributed by atoms with Crippen molar-refractivity contribution in [2.75, 3.05) is 19.8 Å². The number of hydrogen-bond donors (Lipinski definition) is 1. The number of amides is 1. The van der Waals surface area contributed by atoms with Crippen LogP contribution in [0.4, 0.5) is 13.2 Å². The van der Waals surface area contributed by atoms with Gasteiger partial charge in [0.2, 0.25) is 0 Å². The Labute approximate surface area is 171 Å². The van der Waals surface area contributed by atoms with Crippen LogP contribution < -0.4 is 10.1 Å². The monoisotopic (exact) mass is 418 g/mol. The molecule has 1 aromatic heterocycles. The molecule has 8 heteroatoms. The van der Waals surface area contributed by atoms with E-state index >= 15 is 0 Å². The molecule has 0 aliphatic carbocycles. The fourth-order valence-electron chi connectivity index (χ4n) is 2.79. The molecule has 2 aromatic carbocycles. The zero-order chi connectivity index (χ0) is 21.4. The van der Waals surface area contributed by atoms with Gasteiger partial charge in [0.05, 0.1) is 13.2 Å². The number of halogens is 3. The Bertz CT molecular complexity index is 970. The summed E-state index contributed by atoms with van der Waals surface area (Å²) in [6.07, 6.45) is -2.03. The Hall–Kier alpha value is -3.13.